The zero-order chi connectivity index (χ0) is 20.9. The first-order valence-corrected chi connectivity index (χ1v) is 10.9. The Morgan fingerprint density at radius 2 is 1.86 bits per heavy atom. The largest absolute Gasteiger partial charge is 0.469 e. The Balaban J connectivity index is 1.65. The van der Waals surface area contributed by atoms with E-state index in [0.717, 1.165) is 22.9 Å². The molecule has 0 atom stereocenters. The lowest BCUT2D eigenvalue weighted by molar-refractivity contribution is 0.0953. The molecule has 6 nitrogen and oxygen atoms in total. The lowest BCUT2D eigenvalue weighted by atomic mass is 10.2. The second-order valence-electron chi connectivity index (χ2n) is 6.39. The fourth-order valence-electron chi connectivity index (χ4n) is 2.79. The number of halogens is 1. The summed E-state index contributed by atoms with van der Waals surface area (Å²) >= 11 is 6.26. The van der Waals surface area contributed by atoms with Gasteiger partial charge in [-0.05, 0) is 48.9 Å². The third-order valence-electron chi connectivity index (χ3n) is 4.43. The molecule has 0 fully saturated rings. The van der Waals surface area contributed by atoms with Gasteiger partial charge in [0.05, 0.1) is 27.4 Å². The topological polar surface area (TPSA) is 79.6 Å². The van der Waals surface area contributed by atoms with Crippen LogP contribution in [0.25, 0.3) is 0 Å². The molecule has 3 aromatic rings. The van der Waals surface area contributed by atoms with E-state index in [9.17, 15) is 13.2 Å². The summed E-state index contributed by atoms with van der Waals surface area (Å²) in [5, 5.41) is 2.99. The highest BCUT2D eigenvalue weighted by Gasteiger charge is 2.22. The number of furan rings is 1. The molecule has 29 heavy (non-hydrogen) atoms. The number of amides is 1. The van der Waals surface area contributed by atoms with E-state index in [4.69, 9.17) is 16.0 Å². The average Bonchev–Trinajstić information content (AvgIpc) is 3.24. The highest BCUT2D eigenvalue weighted by atomic mass is 35.5. The van der Waals surface area contributed by atoms with E-state index in [-0.39, 0.29) is 15.8 Å². The van der Waals surface area contributed by atoms with E-state index in [1.165, 1.54) is 31.3 Å². The number of rotatable bonds is 8. The van der Waals surface area contributed by atoms with Crippen molar-refractivity contribution in [3.05, 3.63) is 83.3 Å². The molecule has 1 heterocycles. The number of carbonyl (C=O) groups excluding carboxylic acids is 1. The highest BCUT2D eigenvalue weighted by Crippen LogP contribution is 2.27. The number of nitrogens with zero attached hydrogens (tertiary/aromatic N) is 1. The van der Waals surface area contributed by atoms with Gasteiger partial charge in [0.2, 0.25) is 0 Å². The highest BCUT2D eigenvalue weighted by molar-refractivity contribution is 7.92. The van der Waals surface area contributed by atoms with Crippen LogP contribution in [0.1, 0.15) is 22.5 Å². The normalized spacial score (nSPS) is 11.2. The number of anilines is 1. The summed E-state index contributed by atoms with van der Waals surface area (Å²) in [7, 11) is -2.27. The number of nitrogens with one attached hydrogen (secondary N) is 1. The molecule has 0 saturated carbocycles. The molecular weight excluding hydrogens is 412 g/mol. The smallest absolute Gasteiger partial charge is 0.264 e. The number of sulfonamides is 1. The van der Waals surface area contributed by atoms with Gasteiger partial charge in [-0.15, -0.1) is 0 Å². The van der Waals surface area contributed by atoms with Crippen molar-refractivity contribution in [1.82, 2.24) is 5.32 Å². The number of hydrogen-bond donors (Lipinski definition) is 1. The second kappa shape index (κ2) is 9.15. The molecule has 2 aromatic carbocycles. The van der Waals surface area contributed by atoms with Crippen molar-refractivity contribution in [3.8, 4) is 0 Å². The van der Waals surface area contributed by atoms with E-state index < -0.39 is 10.0 Å². The van der Waals surface area contributed by atoms with Gasteiger partial charge in [0.1, 0.15) is 5.76 Å². The van der Waals surface area contributed by atoms with Crippen LogP contribution >= 0.6 is 11.6 Å². The van der Waals surface area contributed by atoms with Crippen molar-refractivity contribution in [3.63, 3.8) is 0 Å². The summed E-state index contributed by atoms with van der Waals surface area (Å²) in [6, 6.07) is 16.4. The van der Waals surface area contributed by atoms with E-state index >= 15 is 0 Å². The van der Waals surface area contributed by atoms with Crippen LogP contribution < -0.4 is 9.62 Å². The first kappa shape index (κ1) is 21.0. The number of benzene rings is 2. The summed E-state index contributed by atoms with van der Waals surface area (Å²) in [6.45, 7) is 0.472. The van der Waals surface area contributed by atoms with Crippen LogP contribution in [-0.2, 0) is 16.4 Å². The third-order valence-corrected chi connectivity index (χ3v) is 6.54. The van der Waals surface area contributed by atoms with Gasteiger partial charge in [-0.2, -0.15) is 0 Å². The Labute approximate surface area is 175 Å². The summed E-state index contributed by atoms with van der Waals surface area (Å²) < 4.78 is 31.9. The molecule has 1 amide bonds. The predicted molar refractivity (Wildman–Crippen MR) is 113 cm³/mol. The molecule has 1 aromatic heterocycles. The first-order valence-electron chi connectivity index (χ1n) is 9.03. The quantitative estimate of drug-likeness (QED) is 0.543. The average molecular weight is 433 g/mol. The fraction of sp³-hybridized carbons (Fsp3) is 0.190. The molecule has 0 spiro atoms. The van der Waals surface area contributed by atoms with Gasteiger partial charge >= 0.3 is 0 Å². The zero-order valence-electron chi connectivity index (χ0n) is 15.8. The maximum Gasteiger partial charge on any atom is 0.264 e. The van der Waals surface area contributed by atoms with Crippen molar-refractivity contribution in [1.29, 1.82) is 0 Å². The van der Waals surface area contributed by atoms with Crippen molar-refractivity contribution < 1.29 is 17.6 Å². The van der Waals surface area contributed by atoms with Crippen molar-refractivity contribution in [2.75, 3.05) is 17.9 Å². The molecule has 152 valence electrons. The van der Waals surface area contributed by atoms with Gasteiger partial charge in [-0.1, -0.05) is 29.8 Å². The van der Waals surface area contributed by atoms with Crippen LogP contribution in [0.3, 0.4) is 0 Å². The van der Waals surface area contributed by atoms with Crippen LogP contribution in [0.15, 0.2) is 76.2 Å². The SMILES string of the molecule is CN(c1ccc(C(=O)NCCCc2ccco2)c(Cl)c1)S(=O)(=O)c1ccccc1. The summed E-state index contributed by atoms with van der Waals surface area (Å²) in [6.07, 6.45) is 3.07. The van der Waals surface area contributed by atoms with Gasteiger partial charge in [-0.3, -0.25) is 9.10 Å². The Bertz CT molecular complexity index is 1070. The van der Waals surface area contributed by atoms with E-state index in [1.807, 2.05) is 12.1 Å². The Hall–Kier alpha value is -2.77. The van der Waals surface area contributed by atoms with Crippen molar-refractivity contribution in [2.45, 2.75) is 17.7 Å². The van der Waals surface area contributed by atoms with Crippen LogP contribution in [0.4, 0.5) is 5.69 Å². The zero-order valence-corrected chi connectivity index (χ0v) is 17.4. The maximum atomic E-state index is 12.7. The Morgan fingerprint density at radius 1 is 1.10 bits per heavy atom. The summed E-state index contributed by atoms with van der Waals surface area (Å²) in [4.78, 5) is 12.6. The molecular formula is C21H21ClN2O4S. The lowest BCUT2D eigenvalue weighted by Gasteiger charge is -2.20. The van der Waals surface area contributed by atoms with Crippen molar-refractivity contribution in [2.24, 2.45) is 0 Å². The van der Waals surface area contributed by atoms with E-state index in [2.05, 4.69) is 5.32 Å². The minimum Gasteiger partial charge on any atom is -0.469 e. The number of carbonyl (C=O) groups is 1. The molecule has 8 heteroatoms. The summed E-state index contributed by atoms with van der Waals surface area (Å²) in [5.74, 6) is 0.555. The minimum atomic E-state index is -3.72. The molecule has 0 radical (unpaired) electrons. The molecule has 0 aliphatic carbocycles. The van der Waals surface area contributed by atoms with Crippen molar-refractivity contribution >= 4 is 33.2 Å². The van der Waals surface area contributed by atoms with Gasteiger partial charge in [0.15, 0.2) is 0 Å². The van der Waals surface area contributed by atoms with E-state index in [0.29, 0.717) is 17.8 Å². The Kier molecular flexibility index (Phi) is 6.61. The summed E-state index contributed by atoms with van der Waals surface area (Å²) in [5.41, 5.74) is 0.659. The molecule has 0 saturated heterocycles. The van der Waals surface area contributed by atoms with Gasteiger partial charge in [-0.25, -0.2) is 8.42 Å². The van der Waals surface area contributed by atoms with Gasteiger partial charge in [0, 0.05) is 20.0 Å². The molecule has 1 N–H and O–H groups in total. The minimum absolute atomic E-state index is 0.178. The second-order valence-corrected chi connectivity index (χ2v) is 8.77. The number of aryl methyl sites for hydroxylation is 1. The fourth-order valence-corrected chi connectivity index (χ4v) is 4.26. The third kappa shape index (κ3) is 4.99. The number of hydrogen-bond acceptors (Lipinski definition) is 4. The van der Waals surface area contributed by atoms with Crippen LogP contribution in [0.5, 0.6) is 0 Å². The Morgan fingerprint density at radius 3 is 2.52 bits per heavy atom. The lowest BCUT2D eigenvalue weighted by Crippen LogP contribution is -2.27. The maximum absolute atomic E-state index is 12.7. The molecule has 0 unspecified atom stereocenters. The molecule has 0 aliphatic heterocycles. The van der Waals surface area contributed by atoms with E-state index in [1.54, 1.807) is 30.5 Å². The molecule has 3 rings (SSSR count). The molecule has 0 bridgehead atoms. The van der Waals surface area contributed by atoms with Gasteiger partial charge in [0.25, 0.3) is 15.9 Å². The van der Waals surface area contributed by atoms with Crippen LogP contribution in [0.2, 0.25) is 5.02 Å². The van der Waals surface area contributed by atoms with Gasteiger partial charge < -0.3 is 9.73 Å². The predicted octanol–water partition coefficient (Wildman–Crippen LogP) is 4.12. The first-order chi connectivity index (χ1) is 13.9. The molecule has 0 aliphatic rings. The standard InChI is InChI=1S/C21H21ClN2O4S/c1-24(29(26,27)18-9-3-2-4-10-18)16-11-12-19(20(22)15-16)21(25)23-13-5-7-17-8-6-14-28-17/h2-4,6,8-12,14-15H,5,7,13H2,1H3,(H,23,25). The van der Waals surface area contributed by atoms with Crippen LogP contribution in [0, 0.1) is 0 Å². The monoisotopic (exact) mass is 432 g/mol. The van der Waals surface area contributed by atoms with Crippen LogP contribution in [-0.4, -0.2) is 27.9 Å².